The summed E-state index contributed by atoms with van der Waals surface area (Å²) >= 11 is 0. The van der Waals surface area contributed by atoms with Crippen LogP contribution in [0.4, 0.5) is 0 Å². The lowest BCUT2D eigenvalue weighted by molar-refractivity contribution is 0.306. The number of pyridine rings is 9. The maximum Gasteiger partial charge on any atom is 0.119 e. The molecule has 9 aromatic heterocycles. The highest BCUT2D eigenvalue weighted by Gasteiger charge is 2.13. The predicted molar refractivity (Wildman–Crippen MR) is 328 cm³/mol. The SMILES string of the molecule is c1cncc(-c2cncc(-c3cncc(COc4ccc(-c5cc(-c6ccc(OCc7cncc(-c8cncc(-c9cccnc9)c8)c7)cc6)cc(-c6ccc(OCc7cncc(-c8cncc(-c9cccnc9)c8)c7)cc6)c5)cc4)c3)c2)c1. The first-order valence-corrected chi connectivity index (χ1v) is 27.3. The van der Waals surface area contributed by atoms with Crippen LogP contribution in [0.3, 0.4) is 0 Å². The fourth-order valence-electron chi connectivity index (χ4n) is 9.90. The molecule has 12 heteroatoms. The van der Waals surface area contributed by atoms with Crippen molar-refractivity contribution in [3.05, 3.63) is 292 Å². The number of hydrogen-bond donors (Lipinski definition) is 0. The van der Waals surface area contributed by atoms with Gasteiger partial charge in [0.1, 0.15) is 37.1 Å². The summed E-state index contributed by atoms with van der Waals surface area (Å²) in [5.74, 6) is 2.24. The van der Waals surface area contributed by atoms with Crippen molar-refractivity contribution in [2.45, 2.75) is 19.8 Å². The van der Waals surface area contributed by atoms with Crippen LogP contribution in [-0.2, 0) is 19.8 Å². The van der Waals surface area contributed by atoms with E-state index in [2.05, 4.69) is 136 Å². The highest BCUT2D eigenvalue weighted by molar-refractivity contribution is 5.82. The highest BCUT2D eigenvalue weighted by atomic mass is 16.5. The second kappa shape index (κ2) is 24.6. The number of hydrogen-bond acceptors (Lipinski definition) is 12. The Kier molecular flexibility index (Phi) is 15.2. The van der Waals surface area contributed by atoms with E-state index in [0.717, 1.165) is 134 Å². The molecular weight excluding hydrogens is 1040 g/mol. The fourth-order valence-corrected chi connectivity index (χ4v) is 9.90. The van der Waals surface area contributed by atoms with Gasteiger partial charge in [-0.25, -0.2) is 0 Å². The quantitative estimate of drug-likeness (QED) is 0.0806. The van der Waals surface area contributed by atoms with Crippen LogP contribution >= 0.6 is 0 Å². The minimum atomic E-state index is 0.348. The first-order chi connectivity index (χ1) is 41.5. The van der Waals surface area contributed by atoms with Crippen molar-refractivity contribution in [1.82, 2.24) is 44.9 Å². The zero-order chi connectivity index (χ0) is 56.3. The molecule has 84 heavy (non-hydrogen) atoms. The van der Waals surface area contributed by atoms with Crippen molar-refractivity contribution in [2.24, 2.45) is 0 Å². The molecular formula is C72H51N9O3. The molecule has 0 spiro atoms. The second-order valence-corrected chi connectivity index (χ2v) is 20.1. The summed E-state index contributed by atoms with van der Waals surface area (Å²) in [4.78, 5) is 40.0. The molecule has 0 saturated carbocycles. The molecule has 13 rings (SSSR count). The van der Waals surface area contributed by atoms with E-state index in [1.807, 2.05) is 166 Å². The van der Waals surface area contributed by atoms with Crippen LogP contribution in [0.2, 0.25) is 0 Å². The van der Waals surface area contributed by atoms with Gasteiger partial charge in [0, 0.05) is 195 Å². The van der Waals surface area contributed by atoms with Crippen molar-refractivity contribution in [1.29, 1.82) is 0 Å². The molecule has 0 radical (unpaired) electrons. The molecule has 402 valence electrons. The number of nitrogens with zero attached hydrogens (tertiary/aromatic N) is 9. The summed E-state index contributed by atoms with van der Waals surface area (Å²) in [6.07, 6.45) is 33.0. The minimum Gasteiger partial charge on any atom is -0.489 e. The van der Waals surface area contributed by atoms with Gasteiger partial charge in [-0.3, -0.25) is 44.9 Å². The van der Waals surface area contributed by atoms with Gasteiger partial charge in [0.05, 0.1) is 0 Å². The first kappa shape index (κ1) is 52.0. The fraction of sp³-hybridized carbons (Fsp3) is 0.0417. The van der Waals surface area contributed by atoms with Gasteiger partial charge in [0.2, 0.25) is 0 Å². The van der Waals surface area contributed by atoms with Crippen LogP contribution in [0.15, 0.2) is 275 Å². The van der Waals surface area contributed by atoms with Crippen molar-refractivity contribution in [2.75, 3.05) is 0 Å². The molecule has 0 bridgehead atoms. The average molecular weight is 1090 g/mol. The number of rotatable bonds is 18. The Morgan fingerprint density at radius 1 is 0.190 bits per heavy atom. The van der Waals surface area contributed by atoms with Crippen LogP contribution in [0, 0.1) is 0 Å². The maximum absolute atomic E-state index is 6.36. The van der Waals surface area contributed by atoms with E-state index < -0.39 is 0 Å². The topological polar surface area (TPSA) is 144 Å². The molecule has 0 atom stereocenters. The Hall–Kier alpha value is -11.4. The molecule has 0 aliphatic heterocycles. The van der Waals surface area contributed by atoms with Gasteiger partial charge in [0.15, 0.2) is 0 Å². The lowest BCUT2D eigenvalue weighted by atomic mass is 9.93. The first-order valence-electron chi connectivity index (χ1n) is 27.3. The van der Waals surface area contributed by atoms with Crippen molar-refractivity contribution in [3.8, 4) is 117 Å². The van der Waals surface area contributed by atoms with E-state index >= 15 is 0 Å². The summed E-state index contributed by atoms with van der Waals surface area (Å²) in [6, 6.07) is 55.8. The number of aromatic nitrogens is 9. The van der Waals surface area contributed by atoms with Gasteiger partial charge in [-0.05, 0) is 143 Å². The van der Waals surface area contributed by atoms with Gasteiger partial charge >= 0.3 is 0 Å². The molecule has 0 aliphatic rings. The van der Waals surface area contributed by atoms with E-state index in [1.54, 1.807) is 18.6 Å². The second-order valence-electron chi connectivity index (χ2n) is 20.1. The van der Waals surface area contributed by atoms with Crippen molar-refractivity contribution in [3.63, 3.8) is 0 Å². The van der Waals surface area contributed by atoms with E-state index in [1.165, 1.54) is 0 Å². The molecule has 0 saturated heterocycles. The maximum atomic E-state index is 6.36. The number of benzene rings is 4. The summed E-state index contributed by atoms with van der Waals surface area (Å²) in [6.45, 7) is 1.04. The molecule has 13 aromatic rings. The monoisotopic (exact) mass is 1090 g/mol. The molecule has 0 N–H and O–H groups in total. The summed E-state index contributed by atoms with van der Waals surface area (Å²) < 4.78 is 19.1. The van der Waals surface area contributed by atoms with E-state index in [-0.39, 0.29) is 0 Å². The lowest BCUT2D eigenvalue weighted by Gasteiger charge is -2.14. The third kappa shape index (κ3) is 12.5. The van der Waals surface area contributed by atoms with Crippen LogP contribution in [0.5, 0.6) is 17.2 Å². The minimum absolute atomic E-state index is 0.348. The molecule has 0 fully saturated rings. The van der Waals surface area contributed by atoms with Crippen LogP contribution in [0.1, 0.15) is 16.7 Å². The van der Waals surface area contributed by atoms with Gasteiger partial charge in [0.25, 0.3) is 0 Å². The zero-order valence-corrected chi connectivity index (χ0v) is 45.4. The zero-order valence-electron chi connectivity index (χ0n) is 45.4. The van der Waals surface area contributed by atoms with Gasteiger partial charge < -0.3 is 14.2 Å². The van der Waals surface area contributed by atoms with Gasteiger partial charge in [-0.1, -0.05) is 54.6 Å². The number of ether oxygens (including phenoxy) is 3. The largest absolute Gasteiger partial charge is 0.489 e. The Balaban J connectivity index is 0.724. The Labute approximate surface area is 486 Å². The average Bonchev–Trinajstić information content (AvgIpc) is 3.72. The van der Waals surface area contributed by atoms with Gasteiger partial charge in [-0.2, -0.15) is 0 Å². The molecule has 0 amide bonds. The Morgan fingerprint density at radius 3 is 0.679 bits per heavy atom. The molecule has 0 aliphatic carbocycles. The lowest BCUT2D eigenvalue weighted by Crippen LogP contribution is -1.97. The van der Waals surface area contributed by atoms with Crippen LogP contribution in [-0.4, -0.2) is 44.9 Å². The van der Waals surface area contributed by atoms with Crippen molar-refractivity contribution >= 4 is 0 Å². The smallest absolute Gasteiger partial charge is 0.119 e. The third-order valence-electron chi connectivity index (χ3n) is 14.3. The molecule has 9 heterocycles. The van der Waals surface area contributed by atoms with Crippen molar-refractivity contribution < 1.29 is 14.2 Å². The van der Waals surface area contributed by atoms with Crippen LogP contribution in [0.25, 0.3) is 100 Å². The summed E-state index contributed by atoms with van der Waals surface area (Å²) in [7, 11) is 0. The van der Waals surface area contributed by atoms with Gasteiger partial charge in [-0.15, -0.1) is 0 Å². The summed E-state index contributed by atoms with van der Waals surface area (Å²) in [5.41, 5.74) is 20.9. The highest BCUT2D eigenvalue weighted by Crippen LogP contribution is 2.36. The van der Waals surface area contributed by atoms with E-state index in [4.69, 9.17) is 14.2 Å². The normalized spacial score (nSPS) is 11.0. The Morgan fingerprint density at radius 2 is 0.417 bits per heavy atom. The summed E-state index contributed by atoms with van der Waals surface area (Å²) in [5, 5.41) is 0. The van der Waals surface area contributed by atoms with E-state index in [0.29, 0.717) is 19.8 Å². The molecule has 12 nitrogen and oxygen atoms in total. The van der Waals surface area contributed by atoms with E-state index in [9.17, 15) is 0 Å². The molecule has 4 aromatic carbocycles. The third-order valence-corrected chi connectivity index (χ3v) is 14.3. The predicted octanol–water partition coefficient (Wildman–Crippen LogP) is 16.0. The van der Waals surface area contributed by atoms with Crippen LogP contribution < -0.4 is 14.2 Å². The Bertz CT molecular complexity index is 3900. The standard InChI is InChI=1S/C72H51N9O3/c1-4-55(34-73-19-1)64-28-67(43-79-40-64)61-22-49(31-76-37-61)46-82-70-13-7-52(8-14-70)58-25-59(53-9-15-71(16-10-53)83-47-50-23-62(38-77-32-50)68-29-65(41-80-44-68)56-5-2-20-74-35-56)27-60(26-58)54-11-17-72(18-12-54)84-48-51-24-63(39-78-33-51)69-30-66(42-81-45-69)57-6-3-21-75-36-57/h1-45H,46-48H2. The molecule has 0 unspecified atom stereocenters.